The van der Waals surface area contributed by atoms with Gasteiger partial charge in [-0.2, -0.15) is 4.31 Å². The molecule has 0 saturated heterocycles. The van der Waals surface area contributed by atoms with Gasteiger partial charge in [0.15, 0.2) is 0 Å². The standard InChI is InChI=1S/C29H34FN3O8S2/c1-19-16-33(20(2)18-34)29(35)26-15-22(31-42(36,37)24-12-8-23(40-4)9-13-24)7-14-27(26)41-28(19)17-32(3)43(38,39)25-10-5-21(30)6-11-25/h5-15,19-20,28,31,34H,16-18H2,1-4H3. The highest BCUT2D eigenvalue weighted by molar-refractivity contribution is 7.92. The molecular formula is C29H34FN3O8S2. The van der Waals surface area contributed by atoms with Gasteiger partial charge in [-0.3, -0.25) is 9.52 Å². The number of methoxy groups -OCH3 is 1. The van der Waals surface area contributed by atoms with Crippen LogP contribution in [0.2, 0.25) is 0 Å². The van der Waals surface area contributed by atoms with Crippen LogP contribution in [0.1, 0.15) is 24.2 Å². The minimum absolute atomic E-state index is 0.0163. The van der Waals surface area contributed by atoms with Crippen molar-refractivity contribution in [1.82, 2.24) is 9.21 Å². The molecule has 232 valence electrons. The van der Waals surface area contributed by atoms with Crippen LogP contribution in [-0.2, 0) is 20.0 Å². The fourth-order valence-corrected chi connectivity index (χ4v) is 6.84. The number of anilines is 1. The Morgan fingerprint density at radius 2 is 1.70 bits per heavy atom. The second kappa shape index (κ2) is 12.9. The molecule has 1 amide bonds. The molecule has 1 aliphatic heterocycles. The second-order valence-corrected chi connectivity index (χ2v) is 14.1. The molecule has 1 heterocycles. The van der Waals surface area contributed by atoms with E-state index >= 15 is 0 Å². The highest BCUT2D eigenvalue weighted by atomic mass is 32.2. The molecule has 0 aliphatic carbocycles. The van der Waals surface area contributed by atoms with E-state index in [1.54, 1.807) is 13.8 Å². The monoisotopic (exact) mass is 635 g/mol. The molecule has 4 rings (SSSR count). The summed E-state index contributed by atoms with van der Waals surface area (Å²) in [6.07, 6.45) is -0.748. The first-order valence-electron chi connectivity index (χ1n) is 13.4. The van der Waals surface area contributed by atoms with Crippen molar-refractivity contribution >= 4 is 31.6 Å². The van der Waals surface area contributed by atoms with Crippen LogP contribution < -0.4 is 14.2 Å². The van der Waals surface area contributed by atoms with E-state index in [9.17, 15) is 31.1 Å². The Hall–Kier alpha value is -3.72. The van der Waals surface area contributed by atoms with Crippen molar-refractivity contribution in [2.75, 3.05) is 38.6 Å². The number of likely N-dealkylation sites (N-methyl/N-ethyl adjacent to an activating group) is 1. The van der Waals surface area contributed by atoms with Crippen LogP contribution in [0, 0.1) is 11.7 Å². The van der Waals surface area contributed by atoms with Crippen LogP contribution in [0.25, 0.3) is 0 Å². The Labute approximate surface area is 250 Å². The minimum atomic E-state index is -4.02. The molecular weight excluding hydrogens is 601 g/mol. The lowest BCUT2D eigenvalue weighted by Gasteiger charge is -2.38. The number of aliphatic hydroxyl groups excluding tert-OH is 1. The Balaban J connectivity index is 1.67. The smallest absolute Gasteiger partial charge is 0.261 e. The molecule has 3 aromatic rings. The number of carbonyl (C=O) groups is 1. The zero-order valence-corrected chi connectivity index (χ0v) is 25.7. The zero-order chi connectivity index (χ0) is 31.5. The van der Waals surface area contributed by atoms with Gasteiger partial charge in [-0.15, -0.1) is 0 Å². The average Bonchev–Trinajstić information content (AvgIpc) is 2.98. The quantitative estimate of drug-likeness (QED) is 0.346. The number of hydrogen-bond donors (Lipinski definition) is 2. The van der Waals surface area contributed by atoms with Gasteiger partial charge >= 0.3 is 0 Å². The predicted molar refractivity (Wildman–Crippen MR) is 158 cm³/mol. The van der Waals surface area contributed by atoms with Crippen molar-refractivity contribution in [1.29, 1.82) is 0 Å². The van der Waals surface area contributed by atoms with Crippen molar-refractivity contribution < 1.29 is 40.6 Å². The summed E-state index contributed by atoms with van der Waals surface area (Å²) in [5, 5.41) is 9.90. The van der Waals surface area contributed by atoms with Crippen LogP contribution in [0.15, 0.2) is 76.5 Å². The summed E-state index contributed by atoms with van der Waals surface area (Å²) in [5.41, 5.74) is 0.139. The highest BCUT2D eigenvalue weighted by Gasteiger charge is 2.35. The van der Waals surface area contributed by atoms with Crippen molar-refractivity contribution in [3.8, 4) is 11.5 Å². The third kappa shape index (κ3) is 7.09. The fraction of sp³-hybridized carbons (Fsp3) is 0.345. The molecule has 0 spiro atoms. The van der Waals surface area contributed by atoms with Crippen LogP contribution >= 0.6 is 0 Å². The Bertz CT molecular complexity index is 1670. The maximum absolute atomic E-state index is 13.7. The number of nitrogens with one attached hydrogen (secondary N) is 1. The summed E-state index contributed by atoms with van der Waals surface area (Å²) in [6, 6.07) is 13.9. The molecule has 43 heavy (non-hydrogen) atoms. The van der Waals surface area contributed by atoms with Gasteiger partial charge in [0, 0.05) is 25.2 Å². The molecule has 1 aliphatic rings. The molecule has 3 atom stereocenters. The van der Waals surface area contributed by atoms with Crippen molar-refractivity contribution in [2.24, 2.45) is 5.92 Å². The highest BCUT2D eigenvalue weighted by Crippen LogP contribution is 2.32. The first-order valence-corrected chi connectivity index (χ1v) is 16.3. The number of carbonyl (C=O) groups excluding carboxylic acids is 1. The number of fused-ring (bicyclic) bond motifs is 1. The Morgan fingerprint density at radius 1 is 1.07 bits per heavy atom. The van der Waals surface area contributed by atoms with Gasteiger partial charge in [-0.25, -0.2) is 21.2 Å². The molecule has 0 fully saturated rings. The predicted octanol–water partition coefficient (Wildman–Crippen LogP) is 3.18. The molecule has 2 N–H and O–H groups in total. The largest absolute Gasteiger partial charge is 0.497 e. The number of benzene rings is 3. The van der Waals surface area contributed by atoms with Gasteiger partial charge in [0.05, 0.1) is 41.7 Å². The average molecular weight is 636 g/mol. The lowest BCUT2D eigenvalue weighted by Crippen LogP contribution is -2.50. The number of sulfonamides is 2. The van der Waals surface area contributed by atoms with E-state index in [4.69, 9.17) is 9.47 Å². The van der Waals surface area contributed by atoms with Crippen molar-refractivity contribution in [2.45, 2.75) is 35.8 Å². The molecule has 14 heteroatoms. The van der Waals surface area contributed by atoms with Gasteiger partial charge < -0.3 is 19.5 Å². The van der Waals surface area contributed by atoms with Crippen LogP contribution in [0.3, 0.4) is 0 Å². The number of nitrogens with zero attached hydrogens (tertiary/aromatic N) is 2. The SMILES string of the molecule is COc1ccc(S(=O)(=O)Nc2ccc3c(c2)C(=O)N(C(C)CO)CC(C)C(CN(C)S(=O)(=O)c2ccc(F)cc2)O3)cc1. The minimum Gasteiger partial charge on any atom is -0.497 e. The van der Waals surface area contributed by atoms with Gasteiger partial charge in [-0.1, -0.05) is 6.92 Å². The second-order valence-electron chi connectivity index (χ2n) is 10.4. The van der Waals surface area contributed by atoms with E-state index in [1.807, 2.05) is 0 Å². The molecule has 3 aromatic carbocycles. The Morgan fingerprint density at radius 3 is 2.30 bits per heavy atom. The zero-order valence-electron chi connectivity index (χ0n) is 24.1. The first kappa shape index (κ1) is 32.2. The lowest BCUT2D eigenvalue weighted by atomic mass is 9.99. The maximum atomic E-state index is 13.7. The number of ether oxygens (including phenoxy) is 2. The van der Waals surface area contributed by atoms with Crippen molar-refractivity contribution in [3.63, 3.8) is 0 Å². The topological polar surface area (TPSA) is 143 Å². The number of rotatable bonds is 10. The molecule has 0 aromatic heterocycles. The lowest BCUT2D eigenvalue weighted by molar-refractivity contribution is 0.0387. The summed E-state index contributed by atoms with van der Waals surface area (Å²) in [7, 11) is -5.18. The number of aliphatic hydroxyl groups is 1. The fourth-order valence-electron chi connectivity index (χ4n) is 4.61. The van der Waals surface area contributed by atoms with E-state index in [1.165, 1.54) is 73.7 Å². The van der Waals surface area contributed by atoms with Gasteiger partial charge in [0.25, 0.3) is 15.9 Å². The summed E-state index contributed by atoms with van der Waals surface area (Å²) in [6.45, 7) is 3.15. The third-order valence-electron chi connectivity index (χ3n) is 7.25. The number of amides is 1. The summed E-state index contributed by atoms with van der Waals surface area (Å²) in [4.78, 5) is 15.1. The van der Waals surface area contributed by atoms with E-state index in [2.05, 4.69) is 4.72 Å². The van der Waals surface area contributed by atoms with E-state index in [-0.39, 0.29) is 52.4 Å². The molecule has 0 bridgehead atoms. The normalized spacial score (nSPS) is 18.3. The van der Waals surface area contributed by atoms with Crippen LogP contribution in [0.4, 0.5) is 10.1 Å². The van der Waals surface area contributed by atoms with Crippen molar-refractivity contribution in [3.05, 3.63) is 78.1 Å². The van der Waals surface area contributed by atoms with Crippen LogP contribution in [0.5, 0.6) is 11.5 Å². The van der Waals surface area contributed by atoms with Gasteiger partial charge in [0.2, 0.25) is 10.0 Å². The first-order chi connectivity index (χ1) is 20.3. The summed E-state index contributed by atoms with van der Waals surface area (Å²) < 4.78 is 80.8. The van der Waals surface area contributed by atoms with E-state index in [0.717, 1.165) is 16.4 Å². The third-order valence-corrected chi connectivity index (χ3v) is 10.5. The maximum Gasteiger partial charge on any atom is 0.261 e. The van der Waals surface area contributed by atoms with Gasteiger partial charge in [0.1, 0.15) is 23.4 Å². The Kier molecular flexibility index (Phi) is 9.64. The summed E-state index contributed by atoms with van der Waals surface area (Å²) >= 11 is 0. The van der Waals surface area contributed by atoms with Gasteiger partial charge in [-0.05, 0) is 73.7 Å². The molecule has 0 radical (unpaired) electrons. The number of halogens is 1. The van der Waals surface area contributed by atoms with Crippen LogP contribution in [-0.4, -0.2) is 83.1 Å². The molecule has 3 unspecified atom stereocenters. The summed E-state index contributed by atoms with van der Waals surface area (Å²) in [5.74, 6) is -0.828. The van der Waals surface area contributed by atoms with E-state index in [0.29, 0.717) is 5.75 Å². The molecule has 11 nitrogen and oxygen atoms in total. The molecule has 0 saturated carbocycles. The van der Waals surface area contributed by atoms with E-state index < -0.39 is 43.9 Å². The number of hydrogen-bond acceptors (Lipinski definition) is 8.